The van der Waals surface area contributed by atoms with Gasteiger partial charge in [0.2, 0.25) is 0 Å². The summed E-state index contributed by atoms with van der Waals surface area (Å²) in [5.74, 6) is 0.848. The molecule has 8 heteroatoms. The van der Waals surface area contributed by atoms with Crippen molar-refractivity contribution in [2.75, 3.05) is 33.0 Å². The molecule has 1 unspecified atom stereocenters. The predicted molar refractivity (Wildman–Crippen MR) is 136 cm³/mol. The van der Waals surface area contributed by atoms with Crippen molar-refractivity contribution in [1.82, 2.24) is 0 Å². The molecule has 0 aliphatic rings. The molecule has 0 aliphatic carbocycles. The maximum absolute atomic E-state index is 10.6. The molecule has 1 aromatic carbocycles. The van der Waals surface area contributed by atoms with E-state index in [0.717, 1.165) is 18.6 Å². The van der Waals surface area contributed by atoms with Crippen LogP contribution in [0.5, 0.6) is 5.75 Å². The molecule has 1 atom stereocenters. The molecule has 0 heterocycles. The van der Waals surface area contributed by atoms with E-state index in [9.17, 15) is 4.57 Å². The normalized spacial score (nSPS) is 12.7. The van der Waals surface area contributed by atoms with E-state index in [1.807, 2.05) is 30.3 Å². The van der Waals surface area contributed by atoms with Gasteiger partial charge in [0.1, 0.15) is 11.9 Å². The van der Waals surface area contributed by atoms with Crippen LogP contribution in [-0.2, 0) is 18.6 Å². The molecule has 1 rings (SSSR count). The summed E-state index contributed by atoms with van der Waals surface area (Å²) in [5.41, 5.74) is 0. The van der Waals surface area contributed by atoms with E-state index in [0.29, 0.717) is 19.8 Å². The summed E-state index contributed by atoms with van der Waals surface area (Å²) in [4.78, 5) is 17.2. The smallest absolute Gasteiger partial charge is 0.469 e. The fourth-order valence-electron chi connectivity index (χ4n) is 3.73. The van der Waals surface area contributed by atoms with E-state index in [-0.39, 0.29) is 19.3 Å². The SMILES string of the molecule is CCCCCCCCCCCCCCC(COCCOCCOP(=O)(O)O)Oc1ccccc1. The Balaban J connectivity index is 2.12. The molecule has 0 fully saturated rings. The molecule has 0 spiro atoms. The highest BCUT2D eigenvalue weighted by Crippen LogP contribution is 2.35. The fourth-order valence-corrected chi connectivity index (χ4v) is 4.04. The largest absolute Gasteiger partial charge is 0.488 e. The monoisotopic (exact) mass is 502 g/mol. The molecule has 0 amide bonds. The second-order valence-electron chi connectivity index (χ2n) is 8.74. The Kier molecular flexibility index (Phi) is 19.5. The predicted octanol–water partition coefficient (Wildman–Crippen LogP) is 6.67. The van der Waals surface area contributed by atoms with Crippen LogP contribution in [0.1, 0.15) is 90.4 Å². The molecule has 0 aliphatic heterocycles. The summed E-state index contributed by atoms with van der Waals surface area (Å²) in [5, 5.41) is 0. The standard InChI is InChI=1S/C26H47O7P/c1-2-3-4-5-6-7-8-9-10-11-12-14-19-26(33-25-17-15-13-16-18-25)24-31-21-20-30-22-23-32-34(27,28)29/h13,15-18,26H,2-12,14,19-24H2,1H3,(H2,27,28,29). The van der Waals surface area contributed by atoms with Gasteiger partial charge in [-0.05, 0) is 25.0 Å². The number of hydrogen-bond acceptors (Lipinski definition) is 5. The van der Waals surface area contributed by atoms with Crippen LogP contribution in [-0.4, -0.2) is 48.9 Å². The summed E-state index contributed by atoms with van der Waals surface area (Å²) in [7, 11) is -4.43. The highest BCUT2D eigenvalue weighted by Gasteiger charge is 2.13. The van der Waals surface area contributed by atoms with Gasteiger partial charge in [0, 0.05) is 0 Å². The number of unbranched alkanes of at least 4 members (excludes halogenated alkanes) is 11. The maximum atomic E-state index is 10.6. The van der Waals surface area contributed by atoms with Gasteiger partial charge in [0.05, 0.1) is 33.0 Å². The Morgan fingerprint density at radius 2 is 1.26 bits per heavy atom. The van der Waals surface area contributed by atoms with Crippen molar-refractivity contribution < 1.29 is 33.1 Å². The Labute approximate surface area is 206 Å². The minimum Gasteiger partial charge on any atom is -0.488 e. The van der Waals surface area contributed by atoms with Crippen molar-refractivity contribution >= 4 is 7.82 Å². The van der Waals surface area contributed by atoms with Crippen LogP contribution in [0.3, 0.4) is 0 Å². The van der Waals surface area contributed by atoms with Crippen molar-refractivity contribution in [3.8, 4) is 5.75 Å². The lowest BCUT2D eigenvalue weighted by Gasteiger charge is -2.19. The van der Waals surface area contributed by atoms with Gasteiger partial charge in [-0.15, -0.1) is 0 Å². The highest BCUT2D eigenvalue weighted by molar-refractivity contribution is 7.46. The van der Waals surface area contributed by atoms with Gasteiger partial charge in [0.15, 0.2) is 0 Å². The Hall–Kier alpha value is -0.950. The average Bonchev–Trinajstić information content (AvgIpc) is 2.81. The second-order valence-corrected chi connectivity index (χ2v) is 9.98. The Morgan fingerprint density at radius 3 is 1.85 bits per heavy atom. The molecule has 198 valence electrons. The number of phosphoric acid groups is 1. The first-order valence-electron chi connectivity index (χ1n) is 13.1. The molecular formula is C26H47O7P. The van der Waals surface area contributed by atoms with Gasteiger partial charge in [-0.2, -0.15) is 0 Å². The first-order valence-corrected chi connectivity index (χ1v) is 14.6. The maximum Gasteiger partial charge on any atom is 0.469 e. The fraction of sp³-hybridized carbons (Fsp3) is 0.769. The molecule has 0 saturated heterocycles. The van der Waals surface area contributed by atoms with Crippen LogP contribution in [0.25, 0.3) is 0 Å². The zero-order valence-corrected chi connectivity index (χ0v) is 22.0. The van der Waals surface area contributed by atoms with Crippen molar-refractivity contribution in [3.05, 3.63) is 30.3 Å². The number of para-hydroxylation sites is 1. The summed E-state index contributed by atoms with van der Waals surface area (Å²) >= 11 is 0. The topological polar surface area (TPSA) is 94.5 Å². The van der Waals surface area contributed by atoms with E-state index in [2.05, 4.69) is 11.4 Å². The molecule has 1 aromatic rings. The van der Waals surface area contributed by atoms with E-state index in [1.165, 1.54) is 70.6 Å². The van der Waals surface area contributed by atoms with E-state index in [4.69, 9.17) is 24.0 Å². The van der Waals surface area contributed by atoms with E-state index in [1.54, 1.807) is 0 Å². The Bertz CT molecular complexity index is 608. The van der Waals surface area contributed by atoms with Crippen molar-refractivity contribution in [2.24, 2.45) is 0 Å². The third kappa shape index (κ3) is 20.4. The third-order valence-electron chi connectivity index (χ3n) is 5.59. The summed E-state index contributed by atoms with van der Waals surface area (Å²) < 4.78 is 32.1. The van der Waals surface area contributed by atoms with Crippen molar-refractivity contribution in [2.45, 2.75) is 96.5 Å². The molecule has 0 aromatic heterocycles. The first-order chi connectivity index (χ1) is 16.5. The molecule has 7 nitrogen and oxygen atoms in total. The van der Waals surface area contributed by atoms with Gasteiger partial charge < -0.3 is 24.0 Å². The molecule has 0 radical (unpaired) electrons. The van der Waals surface area contributed by atoms with Crippen LogP contribution in [0, 0.1) is 0 Å². The van der Waals surface area contributed by atoms with Crippen LogP contribution in [0.15, 0.2) is 30.3 Å². The van der Waals surface area contributed by atoms with E-state index >= 15 is 0 Å². The second kappa shape index (κ2) is 21.3. The summed E-state index contributed by atoms with van der Waals surface area (Å²) in [6.07, 6.45) is 16.9. The lowest BCUT2D eigenvalue weighted by Crippen LogP contribution is -2.24. The number of hydrogen-bond donors (Lipinski definition) is 2. The minimum absolute atomic E-state index is 0.0106. The third-order valence-corrected chi connectivity index (χ3v) is 6.11. The molecule has 0 saturated carbocycles. The molecular weight excluding hydrogens is 455 g/mol. The van der Waals surface area contributed by atoms with Crippen LogP contribution >= 0.6 is 7.82 Å². The number of rotatable bonds is 24. The van der Waals surface area contributed by atoms with Gasteiger partial charge in [0.25, 0.3) is 0 Å². The molecule has 0 bridgehead atoms. The quantitative estimate of drug-likeness (QED) is 0.120. The lowest BCUT2D eigenvalue weighted by atomic mass is 10.0. The van der Waals surface area contributed by atoms with Crippen molar-refractivity contribution in [3.63, 3.8) is 0 Å². The van der Waals surface area contributed by atoms with E-state index < -0.39 is 7.82 Å². The minimum atomic E-state index is -4.43. The van der Waals surface area contributed by atoms with Gasteiger partial charge in [-0.1, -0.05) is 95.8 Å². The van der Waals surface area contributed by atoms with Gasteiger partial charge in [-0.3, -0.25) is 4.52 Å². The zero-order chi connectivity index (χ0) is 24.7. The first kappa shape index (κ1) is 31.1. The number of phosphoric ester groups is 1. The zero-order valence-electron chi connectivity index (χ0n) is 21.1. The molecule has 2 N–H and O–H groups in total. The Morgan fingerprint density at radius 1 is 0.735 bits per heavy atom. The lowest BCUT2D eigenvalue weighted by molar-refractivity contribution is 0.00222. The summed E-state index contributed by atoms with van der Waals surface area (Å²) in [6, 6.07) is 9.81. The highest BCUT2D eigenvalue weighted by atomic mass is 31.2. The number of benzene rings is 1. The van der Waals surface area contributed by atoms with Crippen LogP contribution < -0.4 is 4.74 Å². The van der Waals surface area contributed by atoms with Gasteiger partial charge in [-0.25, -0.2) is 4.57 Å². The number of ether oxygens (including phenoxy) is 3. The summed E-state index contributed by atoms with van der Waals surface area (Å²) in [6.45, 7) is 3.43. The van der Waals surface area contributed by atoms with Crippen LogP contribution in [0.2, 0.25) is 0 Å². The van der Waals surface area contributed by atoms with Gasteiger partial charge >= 0.3 is 7.82 Å². The average molecular weight is 503 g/mol. The molecule has 34 heavy (non-hydrogen) atoms. The van der Waals surface area contributed by atoms with Crippen molar-refractivity contribution in [1.29, 1.82) is 0 Å². The van der Waals surface area contributed by atoms with Crippen LogP contribution in [0.4, 0.5) is 0 Å².